The summed E-state index contributed by atoms with van der Waals surface area (Å²) >= 11 is 5.98. The first-order chi connectivity index (χ1) is 9.69. The van der Waals surface area contributed by atoms with E-state index in [2.05, 4.69) is 30.0 Å². The van der Waals surface area contributed by atoms with Crippen molar-refractivity contribution in [2.45, 2.75) is 19.8 Å². The van der Waals surface area contributed by atoms with E-state index in [0.717, 1.165) is 31.4 Å². The van der Waals surface area contributed by atoms with Crippen LogP contribution >= 0.6 is 11.6 Å². The molecule has 1 heterocycles. The first kappa shape index (κ1) is 13.2. The van der Waals surface area contributed by atoms with Crippen LogP contribution in [0.4, 0.5) is 11.4 Å². The Morgan fingerprint density at radius 2 is 1.95 bits per heavy atom. The van der Waals surface area contributed by atoms with Gasteiger partial charge in [0.25, 0.3) is 0 Å². The lowest BCUT2D eigenvalue weighted by molar-refractivity contribution is 0.112. The molecule has 0 saturated carbocycles. The van der Waals surface area contributed by atoms with Gasteiger partial charge in [-0.15, -0.1) is 0 Å². The number of nitrogens with zero attached hydrogens (tertiary/aromatic N) is 1. The van der Waals surface area contributed by atoms with Crippen molar-refractivity contribution in [3.05, 3.63) is 58.1 Å². The molecule has 2 aromatic carbocycles. The zero-order valence-corrected chi connectivity index (χ0v) is 12.2. The topological polar surface area (TPSA) is 20.3 Å². The molecule has 0 unspecified atom stereocenters. The van der Waals surface area contributed by atoms with Crippen LogP contribution in [-0.4, -0.2) is 12.8 Å². The van der Waals surface area contributed by atoms with Crippen molar-refractivity contribution >= 4 is 29.3 Å². The smallest absolute Gasteiger partial charge is 0.152 e. The molecule has 102 valence electrons. The number of carbonyl (C=O) groups is 1. The predicted octanol–water partition coefficient (Wildman–Crippen LogP) is 4.55. The molecule has 1 aliphatic heterocycles. The van der Waals surface area contributed by atoms with Gasteiger partial charge < -0.3 is 4.90 Å². The summed E-state index contributed by atoms with van der Waals surface area (Å²) in [6, 6.07) is 12.0. The lowest BCUT2D eigenvalue weighted by atomic mass is 9.98. The molecule has 0 saturated heterocycles. The van der Waals surface area contributed by atoms with Crippen LogP contribution in [0.3, 0.4) is 0 Å². The molecule has 0 radical (unpaired) electrons. The predicted molar refractivity (Wildman–Crippen MR) is 83.3 cm³/mol. The number of hydrogen-bond acceptors (Lipinski definition) is 2. The summed E-state index contributed by atoms with van der Waals surface area (Å²) in [5.41, 5.74) is 5.41. The number of carbonyl (C=O) groups excluding carboxylic acids is 1. The summed E-state index contributed by atoms with van der Waals surface area (Å²) in [6.07, 6.45) is 3.07. The summed E-state index contributed by atoms with van der Waals surface area (Å²) in [7, 11) is 0. The lowest BCUT2D eigenvalue weighted by Crippen LogP contribution is -2.25. The second-order valence-electron chi connectivity index (χ2n) is 5.21. The van der Waals surface area contributed by atoms with E-state index in [-0.39, 0.29) is 0 Å². The molecule has 2 aromatic rings. The molecule has 0 aliphatic carbocycles. The quantitative estimate of drug-likeness (QED) is 0.755. The summed E-state index contributed by atoms with van der Waals surface area (Å²) < 4.78 is 0. The molecular formula is C17H16ClNO. The summed E-state index contributed by atoms with van der Waals surface area (Å²) in [5.74, 6) is 0. The second kappa shape index (κ2) is 5.29. The van der Waals surface area contributed by atoms with E-state index in [4.69, 9.17) is 11.6 Å². The largest absolute Gasteiger partial charge is 0.341 e. The maximum Gasteiger partial charge on any atom is 0.152 e. The summed E-state index contributed by atoms with van der Waals surface area (Å²) in [6.45, 7) is 3.04. The van der Waals surface area contributed by atoms with E-state index in [1.165, 1.54) is 16.8 Å². The molecule has 0 fully saturated rings. The van der Waals surface area contributed by atoms with Crippen LogP contribution in [-0.2, 0) is 6.42 Å². The van der Waals surface area contributed by atoms with Gasteiger partial charge in [-0.05, 0) is 49.6 Å². The van der Waals surface area contributed by atoms with Crippen LogP contribution in [0.5, 0.6) is 0 Å². The SMILES string of the molecule is Cc1ccc2c(c1)CCCN2c1ccc(Cl)cc1C=O. The third-order valence-corrected chi connectivity index (χ3v) is 4.00. The minimum absolute atomic E-state index is 0.594. The van der Waals surface area contributed by atoms with Gasteiger partial charge in [-0.25, -0.2) is 0 Å². The number of aryl methyl sites for hydroxylation is 2. The Bertz CT molecular complexity index is 666. The third-order valence-electron chi connectivity index (χ3n) is 3.76. The van der Waals surface area contributed by atoms with E-state index in [1.54, 1.807) is 6.07 Å². The highest BCUT2D eigenvalue weighted by molar-refractivity contribution is 6.31. The van der Waals surface area contributed by atoms with Crippen molar-refractivity contribution in [1.82, 2.24) is 0 Å². The van der Waals surface area contributed by atoms with Crippen LogP contribution in [0, 0.1) is 6.92 Å². The Morgan fingerprint density at radius 1 is 1.15 bits per heavy atom. The average Bonchev–Trinajstić information content (AvgIpc) is 2.46. The van der Waals surface area contributed by atoms with Gasteiger partial charge in [0.1, 0.15) is 0 Å². The highest BCUT2D eigenvalue weighted by Crippen LogP contribution is 2.36. The average molecular weight is 286 g/mol. The standard InChI is InChI=1S/C17H16ClNO/c1-12-4-6-16-13(9-12)3-2-8-19(16)17-7-5-15(18)10-14(17)11-20/h4-7,9-11H,2-3,8H2,1H3. The van der Waals surface area contributed by atoms with Gasteiger partial charge in [-0.2, -0.15) is 0 Å². The first-order valence-electron chi connectivity index (χ1n) is 6.81. The molecule has 0 N–H and O–H groups in total. The fourth-order valence-electron chi connectivity index (χ4n) is 2.84. The second-order valence-corrected chi connectivity index (χ2v) is 5.64. The number of benzene rings is 2. The van der Waals surface area contributed by atoms with Crippen molar-refractivity contribution < 1.29 is 4.79 Å². The van der Waals surface area contributed by atoms with E-state index in [1.807, 2.05) is 12.1 Å². The van der Waals surface area contributed by atoms with Crippen LogP contribution < -0.4 is 4.90 Å². The monoisotopic (exact) mass is 285 g/mol. The number of hydrogen-bond donors (Lipinski definition) is 0. The van der Waals surface area contributed by atoms with Crippen molar-refractivity contribution in [2.75, 3.05) is 11.4 Å². The zero-order valence-electron chi connectivity index (χ0n) is 11.4. The maximum absolute atomic E-state index is 11.3. The van der Waals surface area contributed by atoms with Crippen LogP contribution in [0.25, 0.3) is 0 Å². The minimum Gasteiger partial charge on any atom is -0.341 e. The Hall–Kier alpha value is -1.80. The third kappa shape index (κ3) is 2.32. The molecule has 0 atom stereocenters. The molecule has 2 nitrogen and oxygen atoms in total. The molecule has 0 spiro atoms. The normalized spacial score (nSPS) is 14.0. The molecule has 0 aromatic heterocycles. The van der Waals surface area contributed by atoms with E-state index in [0.29, 0.717) is 10.6 Å². The molecular weight excluding hydrogens is 270 g/mol. The number of anilines is 2. The van der Waals surface area contributed by atoms with Gasteiger partial charge in [-0.1, -0.05) is 29.3 Å². The molecule has 0 bridgehead atoms. The van der Waals surface area contributed by atoms with Crippen molar-refractivity contribution in [3.8, 4) is 0 Å². The Balaban J connectivity index is 2.11. The number of aldehydes is 1. The summed E-state index contributed by atoms with van der Waals surface area (Å²) in [5, 5.41) is 0.594. The highest BCUT2D eigenvalue weighted by Gasteiger charge is 2.20. The minimum atomic E-state index is 0.594. The molecule has 1 aliphatic rings. The van der Waals surface area contributed by atoms with Gasteiger partial charge >= 0.3 is 0 Å². The Morgan fingerprint density at radius 3 is 2.75 bits per heavy atom. The van der Waals surface area contributed by atoms with E-state index in [9.17, 15) is 4.79 Å². The van der Waals surface area contributed by atoms with Gasteiger partial charge in [0, 0.05) is 22.8 Å². The van der Waals surface area contributed by atoms with Gasteiger partial charge in [0.05, 0.1) is 5.69 Å². The number of halogens is 1. The van der Waals surface area contributed by atoms with Crippen LogP contribution in [0.2, 0.25) is 5.02 Å². The molecule has 3 heteroatoms. The molecule has 20 heavy (non-hydrogen) atoms. The highest BCUT2D eigenvalue weighted by atomic mass is 35.5. The van der Waals surface area contributed by atoms with Crippen molar-refractivity contribution in [3.63, 3.8) is 0 Å². The van der Waals surface area contributed by atoms with Crippen molar-refractivity contribution in [1.29, 1.82) is 0 Å². The zero-order chi connectivity index (χ0) is 14.1. The van der Waals surface area contributed by atoms with Crippen molar-refractivity contribution in [2.24, 2.45) is 0 Å². The van der Waals surface area contributed by atoms with E-state index < -0.39 is 0 Å². The Labute approximate surface area is 124 Å². The fraction of sp³-hybridized carbons (Fsp3) is 0.235. The van der Waals surface area contributed by atoms with Gasteiger partial charge in [0.15, 0.2) is 6.29 Å². The molecule has 3 rings (SSSR count). The molecule has 0 amide bonds. The summed E-state index contributed by atoms with van der Waals surface area (Å²) in [4.78, 5) is 13.5. The van der Waals surface area contributed by atoms with Crippen LogP contribution in [0.15, 0.2) is 36.4 Å². The van der Waals surface area contributed by atoms with Gasteiger partial charge in [0.2, 0.25) is 0 Å². The number of rotatable bonds is 2. The Kier molecular flexibility index (Phi) is 3.49. The number of fused-ring (bicyclic) bond motifs is 1. The fourth-order valence-corrected chi connectivity index (χ4v) is 3.02. The van der Waals surface area contributed by atoms with Gasteiger partial charge in [-0.3, -0.25) is 4.79 Å². The lowest BCUT2D eigenvalue weighted by Gasteiger charge is -2.32. The van der Waals surface area contributed by atoms with E-state index >= 15 is 0 Å². The first-order valence-corrected chi connectivity index (χ1v) is 7.18. The van der Waals surface area contributed by atoms with Crippen LogP contribution in [0.1, 0.15) is 27.9 Å². The maximum atomic E-state index is 11.3.